The summed E-state index contributed by atoms with van der Waals surface area (Å²) in [5.41, 5.74) is 0. The standard InChI is InChI=1S/C9H8N4O/c1-7-10-6-3-8(13-7)14-9-11-4-2-5-12-9/h2-6H,1H3. The Morgan fingerprint density at radius 2 is 1.86 bits per heavy atom. The summed E-state index contributed by atoms with van der Waals surface area (Å²) in [4.78, 5) is 15.8. The van der Waals surface area contributed by atoms with E-state index in [0.29, 0.717) is 11.7 Å². The SMILES string of the molecule is Cc1nccc(Oc2ncccn2)n1. The molecule has 0 bridgehead atoms. The lowest BCUT2D eigenvalue weighted by atomic mass is 10.6. The predicted octanol–water partition coefficient (Wildman–Crippen LogP) is 1.37. The van der Waals surface area contributed by atoms with Crippen molar-refractivity contribution in [1.82, 2.24) is 19.9 Å². The third-order valence-corrected chi connectivity index (χ3v) is 1.49. The molecule has 70 valence electrons. The summed E-state index contributed by atoms with van der Waals surface area (Å²) in [6.45, 7) is 1.79. The fraction of sp³-hybridized carbons (Fsp3) is 0.111. The average Bonchev–Trinajstić information content (AvgIpc) is 2.19. The molecule has 0 atom stereocenters. The monoisotopic (exact) mass is 188 g/mol. The first-order valence-electron chi connectivity index (χ1n) is 4.09. The summed E-state index contributed by atoms with van der Waals surface area (Å²) in [5.74, 6) is 1.10. The summed E-state index contributed by atoms with van der Waals surface area (Å²) in [6, 6.07) is 3.66. The Labute approximate surface area is 80.8 Å². The van der Waals surface area contributed by atoms with E-state index >= 15 is 0 Å². The maximum absolute atomic E-state index is 5.29. The maximum atomic E-state index is 5.29. The molecule has 0 radical (unpaired) electrons. The van der Waals surface area contributed by atoms with E-state index in [1.165, 1.54) is 0 Å². The summed E-state index contributed by atoms with van der Waals surface area (Å²) >= 11 is 0. The molecular weight excluding hydrogens is 180 g/mol. The van der Waals surface area contributed by atoms with E-state index in [4.69, 9.17) is 4.74 Å². The molecule has 0 unspecified atom stereocenters. The van der Waals surface area contributed by atoms with Crippen LogP contribution in [0.25, 0.3) is 0 Å². The van der Waals surface area contributed by atoms with Crippen LogP contribution in [0.15, 0.2) is 30.7 Å². The van der Waals surface area contributed by atoms with Crippen LogP contribution in [0, 0.1) is 6.92 Å². The van der Waals surface area contributed by atoms with Gasteiger partial charge in [0.25, 0.3) is 0 Å². The minimum Gasteiger partial charge on any atom is -0.405 e. The van der Waals surface area contributed by atoms with Gasteiger partial charge in [-0.2, -0.15) is 4.98 Å². The summed E-state index contributed by atoms with van der Waals surface area (Å²) in [7, 11) is 0. The highest BCUT2D eigenvalue weighted by molar-refractivity contribution is 5.12. The fourth-order valence-electron chi connectivity index (χ4n) is 0.923. The van der Waals surface area contributed by atoms with Crippen molar-refractivity contribution >= 4 is 0 Å². The largest absolute Gasteiger partial charge is 0.405 e. The second-order valence-electron chi connectivity index (χ2n) is 2.58. The van der Waals surface area contributed by atoms with Crippen LogP contribution in [0.3, 0.4) is 0 Å². The molecule has 0 aliphatic heterocycles. The number of ether oxygens (including phenoxy) is 1. The van der Waals surface area contributed by atoms with Gasteiger partial charge in [-0.25, -0.2) is 15.0 Å². The molecule has 0 aliphatic rings. The van der Waals surface area contributed by atoms with E-state index in [2.05, 4.69) is 19.9 Å². The van der Waals surface area contributed by atoms with Crippen LogP contribution in [0.4, 0.5) is 0 Å². The smallest absolute Gasteiger partial charge is 0.323 e. The summed E-state index contributed by atoms with van der Waals surface area (Å²) in [5, 5.41) is 0. The van der Waals surface area contributed by atoms with Gasteiger partial charge in [-0.1, -0.05) is 0 Å². The van der Waals surface area contributed by atoms with Crippen LogP contribution < -0.4 is 4.74 Å². The van der Waals surface area contributed by atoms with E-state index in [-0.39, 0.29) is 6.01 Å². The van der Waals surface area contributed by atoms with Crippen molar-refractivity contribution in [3.63, 3.8) is 0 Å². The van der Waals surface area contributed by atoms with Crippen LogP contribution in [0.5, 0.6) is 11.9 Å². The molecule has 0 aromatic carbocycles. The van der Waals surface area contributed by atoms with Crippen LogP contribution >= 0.6 is 0 Å². The van der Waals surface area contributed by atoms with Crippen LogP contribution in [-0.4, -0.2) is 19.9 Å². The third-order valence-electron chi connectivity index (χ3n) is 1.49. The lowest BCUT2D eigenvalue weighted by molar-refractivity contribution is 0.422. The minimum absolute atomic E-state index is 0.283. The molecule has 2 aromatic heterocycles. The third kappa shape index (κ3) is 2.01. The maximum Gasteiger partial charge on any atom is 0.323 e. The van der Waals surface area contributed by atoms with Gasteiger partial charge >= 0.3 is 6.01 Å². The van der Waals surface area contributed by atoms with Crippen molar-refractivity contribution < 1.29 is 4.74 Å². The highest BCUT2D eigenvalue weighted by Gasteiger charge is 1.99. The fourth-order valence-corrected chi connectivity index (χ4v) is 0.923. The van der Waals surface area contributed by atoms with Gasteiger partial charge in [0.1, 0.15) is 5.82 Å². The van der Waals surface area contributed by atoms with Crippen LogP contribution in [0.2, 0.25) is 0 Å². The first-order chi connectivity index (χ1) is 6.84. The highest BCUT2D eigenvalue weighted by atomic mass is 16.5. The quantitative estimate of drug-likeness (QED) is 0.712. The number of hydrogen-bond acceptors (Lipinski definition) is 5. The molecule has 0 saturated heterocycles. The van der Waals surface area contributed by atoms with E-state index in [0.717, 1.165) is 0 Å². The predicted molar refractivity (Wildman–Crippen MR) is 48.9 cm³/mol. The van der Waals surface area contributed by atoms with E-state index in [1.807, 2.05) is 0 Å². The van der Waals surface area contributed by atoms with Gasteiger partial charge in [-0.15, -0.1) is 0 Å². The average molecular weight is 188 g/mol. The molecule has 2 rings (SSSR count). The summed E-state index contributed by atoms with van der Waals surface area (Å²) < 4.78 is 5.29. The molecule has 0 N–H and O–H groups in total. The number of aromatic nitrogens is 4. The Morgan fingerprint density at radius 3 is 2.57 bits per heavy atom. The lowest BCUT2D eigenvalue weighted by Gasteiger charge is -2.01. The van der Waals surface area contributed by atoms with Gasteiger partial charge in [0.2, 0.25) is 5.88 Å². The van der Waals surface area contributed by atoms with Crippen molar-refractivity contribution in [2.45, 2.75) is 6.92 Å². The molecule has 0 fully saturated rings. The Hall–Kier alpha value is -2.04. The van der Waals surface area contributed by atoms with Gasteiger partial charge in [0, 0.05) is 24.7 Å². The Morgan fingerprint density at radius 1 is 1.07 bits per heavy atom. The van der Waals surface area contributed by atoms with Crippen molar-refractivity contribution in [3.8, 4) is 11.9 Å². The van der Waals surface area contributed by atoms with Gasteiger partial charge < -0.3 is 4.74 Å². The number of nitrogens with zero attached hydrogens (tertiary/aromatic N) is 4. The minimum atomic E-state index is 0.283. The zero-order chi connectivity index (χ0) is 9.80. The van der Waals surface area contributed by atoms with Crippen LogP contribution in [-0.2, 0) is 0 Å². The molecule has 5 nitrogen and oxygen atoms in total. The molecule has 0 aliphatic carbocycles. The van der Waals surface area contributed by atoms with Gasteiger partial charge in [0.15, 0.2) is 0 Å². The molecule has 14 heavy (non-hydrogen) atoms. The van der Waals surface area contributed by atoms with Crippen molar-refractivity contribution in [2.24, 2.45) is 0 Å². The zero-order valence-electron chi connectivity index (χ0n) is 7.58. The number of aryl methyl sites for hydroxylation is 1. The molecule has 0 amide bonds. The van der Waals surface area contributed by atoms with Crippen molar-refractivity contribution in [2.75, 3.05) is 0 Å². The molecule has 0 saturated carbocycles. The molecular formula is C9H8N4O. The van der Waals surface area contributed by atoms with Gasteiger partial charge in [0.05, 0.1) is 0 Å². The topological polar surface area (TPSA) is 60.8 Å². The second kappa shape index (κ2) is 3.78. The van der Waals surface area contributed by atoms with Gasteiger partial charge in [-0.05, 0) is 13.0 Å². The molecule has 2 aromatic rings. The summed E-state index contributed by atoms with van der Waals surface area (Å²) in [6.07, 6.45) is 4.84. The van der Waals surface area contributed by atoms with E-state index < -0.39 is 0 Å². The second-order valence-corrected chi connectivity index (χ2v) is 2.58. The number of rotatable bonds is 2. The first-order valence-corrected chi connectivity index (χ1v) is 4.09. The zero-order valence-corrected chi connectivity index (χ0v) is 7.58. The Balaban J connectivity index is 2.19. The lowest BCUT2D eigenvalue weighted by Crippen LogP contribution is -1.94. The Bertz CT molecular complexity index is 418. The van der Waals surface area contributed by atoms with Crippen molar-refractivity contribution in [1.29, 1.82) is 0 Å². The van der Waals surface area contributed by atoms with E-state index in [9.17, 15) is 0 Å². The first kappa shape index (κ1) is 8.55. The highest BCUT2D eigenvalue weighted by Crippen LogP contribution is 2.12. The molecule has 2 heterocycles. The van der Waals surface area contributed by atoms with Gasteiger partial charge in [-0.3, -0.25) is 0 Å². The Kier molecular flexibility index (Phi) is 2.31. The van der Waals surface area contributed by atoms with E-state index in [1.54, 1.807) is 37.6 Å². The molecule has 0 spiro atoms. The normalized spacial score (nSPS) is 9.79. The van der Waals surface area contributed by atoms with Crippen molar-refractivity contribution in [3.05, 3.63) is 36.5 Å². The number of hydrogen-bond donors (Lipinski definition) is 0. The van der Waals surface area contributed by atoms with Crippen LogP contribution in [0.1, 0.15) is 5.82 Å². The molecule has 5 heteroatoms.